The average molecular weight is 313 g/mol. The van der Waals surface area contributed by atoms with Crippen molar-refractivity contribution in [3.05, 3.63) is 29.8 Å². The molecule has 1 rings (SSSR count). The van der Waals surface area contributed by atoms with Crippen molar-refractivity contribution in [2.24, 2.45) is 0 Å². The highest BCUT2D eigenvalue weighted by Gasteiger charge is 2.28. The molecule has 0 radical (unpaired) electrons. The van der Waals surface area contributed by atoms with E-state index in [1.807, 2.05) is 0 Å². The third-order valence-electron chi connectivity index (χ3n) is 3.03. The monoisotopic (exact) mass is 313 g/mol. The maximum absolute atomic E-state index is 12.6. The number of hydrogen-bond acceptors (Lipinski definition) is 4. The highest BCUT2D eigenvalue weighted by molar-refractivity contribution is 7.89. The Bertz CT molecular complexity index is 602. The Morgan fingerprint density at radius 1 is 1.29 bits per heavy atom. The molecule has 21 heavy (non-hydrogen) atoms. The zero-order valence-electron chi connectivity index (χ0n) is 13.0. The van der Waals surface area contributed by atoms with E-state index in [-0.39, 0.29) is 23.8 Å². The number of benzene rings is 1. The highest BCUT2D eigenvalue weighted by atomic mass is 32.2. The molecule has 0 fully saturated rings. The van der Waals surface area contributed by atoms with E-state index >= 15 is 0 Å². The number of aliphatic hydroxyl groups is 1. The summed E-state index contributed by atoms with van der Waals surface area (Å²) in [6, 6.07) is 6.04. The van der Waals surface area contributed by atoms with E-state index < -0.39 is 15.6 Å². The van der Waals surface area contributed by atoms with Gasteiger partial charge in [-0.05, 0) is 26.0 Å². The molecule has 1 N–H and O–H groups in total. The lowest BCUT2D eigenvalue weighted by molar-refractivity contribution is 0.0601. The number of carbonyl (C=O) groups is 1. The molecule has 0 saturated carbocycles. The van der Waals surface area contributed by atoms with E-state index in [1.54, 1.807) is 39.8 Å². The molecule has 0 aliphatic rings. The molecule has 0 atom stereocenters. The number of hydrogen-bond donors (Lipinski definition) is 1. The molecular formula is C15H23NO4S. The average Bonchev–Trinajstić information content (AvgIpc) is 2.42. The molecule has 0 unspecified atom stereocenters. The van der Waals surface area contributed by atoms with Crippen molar-refractivity contribution in [2.45, 2.75) is 44.6 Å². The summed E-state index contributed by atoms with van der Waals surface area (Å²) in [5.41, 5.74) is -0.738. The van der Waals surface area contributed by atoms with Crippen molar-refractivity contribution in [3.8, 4) is 0 Å². The Kier molecular flexibility index (Phi) is 5.67. The topological polar surface area (TPSA) is 74.7 Å². The van der Waals surface area contributed by atoms with Crippen LogP contribution < -0.4 is 0 Å². The van der Waals surface area contributed by atoms with Crippen LogP contribution in [-0.2, 0) is 10.0 Å². The van der Waals surface area contributed by atoms with Gasteiger partial charge in [-0.25, -0.2) is 8.42 Å². The quantitative estimate of drug-likeness (QED) is 0.782. The highest BCUT2D eigenvalue weighted by Crippen LogP contribution is 2.20. The summed E-state index contributed by atoms with van der Waals surface area (Å²) in [7, 11) is -3.73. The van der Waals surface area contributed by atoms with Crippen LogP contribution in [0, 0.1) is 0 Å². The largest absolute Gasteiger partial charge is 0.389 e. The first-order valence-electron chi connectivity index (χ1n) is 6.97. The van der Waals surface area contributed by atoms with Gasteiger partial charge in [-0.3, -0.25) is 4.79 Å². The normalized spacial score (nSPS) is 12.7. The molecular weight excluding hydrogens is 290 g/mol. The van der Waals surface area contributed by atoms with Gasteiger partial charge in [0.25, 0.3) is 0 Å². The summed E-state index contributed by atoms with van der Waals surface area (Å²) in [5, 5.41) is 9.85. The van der Waals surface area contributed by atoms with Crippen molar-refractivity contribution >= 4 is 15.8 Å². The van der Waals surface area contributed by atoms with E-state index in [0.29, 0.717) is 12.0 Å². The van der Waals surface area contributed by atoms with Crippen LogP contribution >= 0.6 is 0 Å². The molecule has 0 amide bonds. The second-order valence-electron chi connectivity index (χ2n) is 5.55. The number of likely N-dealkylation sites (N-methyl/N-ethyl adjacent to an activating group) is 1. The van der Waals surface area contributed by atoms with Crippen molar-refractivity contribution in [1.82, 2.24) is 4.31 Å². The van der Waals surface area contributed by atoms with Crippen LogP contribution in [0.25, 0.3) is 0 Å². The van der Waals surface area contributed by atoms with Gasteiger partial charge in [0, 0.05) is 25.1 Å². The minimum absolute atomic E-state index is 0.00220. The van der Waals surface area contributed by atoms with Gasteiger partial charge in [0.15, 0.2) is 5.78 Å². The first-order valence-corrected chi connectivity index (χ1v) is 8.41. The predicted octanol–water partition coefficient (Wildman–Crippen LogP) is 2.06. The second-order valence-corrected chi connectivity index (χ2v) is 7.49. The first-order chi connectivity index (χ1) is 9.61. The Morgan fingerprint density at radius 2 is 1.90 bits per heavy atom. The van der Waals surface area contributed by atoms with E-state index in [4.69, 9.17) is 0 Å². The van der Waals surface area contributed by atoms with Gasteiger partial charge in [0.05, 0.1) is 10.5 Å². The molecule has 6 heteroatoms. The van der Waals surface area contributed by atoms with Gasteiger partial charge < -0.3 is 5.11 Å². The number of nitrogens with zero attached hydrogens (tertiary/aromatic N) is 1. The Hall–Kier alpha value is -1.24. The first kappa shape index (κ1) is 17.8. The Labute approximate surface area is 126 Å². The molecule has 0 aliphatic heterocycles. The van der Waals surface area contributed by atoms with Gasteiger partial charge in [-0.1, -0.05) is 26.0 Å². The Morgan fingerprint density at radius 3 is 2.38 bits per heavy atom. The minimum atomic E-state index is -3.73. The molecule has 0 aromatic heterocycles. The number of ketones is 1. The number of sulfonamides is 1. The van der Waals surface area contributed by atoms with E-state index in [9.17, 15) is 18.3 Å². The van der Waals surface area contributed by atoms with Crippen LogP contribution in [-0.4, -0.2) is 42.3 Å². The Balaban J connectivity index is 3.20. The lowest BCUT2D eigenvalue weighted by atomic mass is 10.1. The standard InChI is InChI=1S/C15H23NO4S/c1-5-14(17)12-8-7-9-13(10-12)21(19,20)16(6-2)11-15(3,4)18/h7-10,18H,5-6,11H2,1-4H3. The maximum atomic E-state index is 12.6. The van der Waals surface area contributed by atoms with Gasteiger partial charge in [0.2, 0.25) is 10.0 Å². The zero-order chi connectivity index (χ0) is 16.3. The fourth-order valence-corrected chi connectivity index (χ4v) is 3.63. The van der Waals surface area contributed by atoms with E-state index in [0.717, 1.165) is 0 Å². The van der Waals surface area contributed by atoms with Crippen molar-refractivity contribution < 1.29 is 18.3 Å². The van der Waals surface area contributed by atoms with Gasteiger partial charge in [-0.2, -0.15) is 4.31 Å². The smallest absolute Gasteiger partial charge is 0.243 e. The van der Waals surface area contributed by atoms with Gasteiger partial charge in [-0.15, -0.1) is 0 Å². The summed E-state index contributed by atoms with van der Waals surface area (Å²) in [5.74, 6) is -0.0995. The molecule has 1 aromatic rings. The molecule has 5 nitrogen and oxygen atoms in total. The predicted molar refractivity (Wildman–Crippen MR) is 81.8 cm³/mol. The van der Waals surface area contributed by atoms with Gasteiger partial charge >= 0.3 is 0 Å². The zero-order valence-corrected chi connectivity index (χ0v) is 13.8. The summed E-state index contributed by atoms with van der Waals surface area (Å²) in [6.07, 6.45) is 0.324. The summed E-state index contributed by atoms with van der Waals surface area (Å²) in [4.78, 5) is 11.8. The van der Waals surface area contributed by atoms with Crippen LogP contribution in [0.5, 0.6) is 0 Å². The number of Topliss-reactive ketones (excluding diaryl/α,β-unsaturated/α-hetero) is 1. The summed E-state index contributed by atoms with van der Waals surface area (Å²) in [6.45, 7) is 6.81. The molecule has 118 valence electrons. The van der Waals surface area contributed by atoms with Crippen LogP contribution in [0.1, 0.15) is 44.5 Å². The molecule has 0 bridgehead atoms. The fraction of sp³-hybridized carbons (Fsp3) is 0.533. The summed E-state index contributed by atoms with van der Waals surface area (Å²) < 4.78 is 26.4. The molecule has 1 aromatic carbocycles. The summed E-state index contributed by atoms with van der Waals surface area (Å²) >= 11 is 0. The lowest BCUT2D eigenvalue weighted by Crippen LogP contribution is -2.42. The molecule has 0 saturated heterocycles. The fourth-order valence-electron chi connectivity index (χ4n) is 1.98. The third-order valence-corrected chi connectivity index (χ3v) is 4.95. The van der Waals surface area contributed by atoms with E-state index in [1.165, 1.54) is 16.4 Å². The lowest BCUT2D eigenvalue weighted by Gasteiger charge is -2.27. The van der Waals surface area contributed by atoms with Crippen LogP contribution in [0.3, 0.4) is 0 Å². The maximum Gasteiger partial charge on any atom is 0.243 e. The van der Waals surface area contributed by atoms with Crippen molar-refractivity contribution in [3.63, 3.8) is 0 Å². The number of rotatable bonds is 7. The van der Waals surface area contributed by atoms with Crippen LogP contribution in [0.4, 0.5) is 0 Å². The number of carbonyl (C=O) groups excluding carboxylic acids is 1. The minimum Gasteiger partial charge on any atom is -0.389 e. The SMILES string of the molecule is CCC(=O)c1cccc(S(=O)(=O)N(CC)CC(C)(C)O)c1. The molecule has 0 aliphatic carbocycles. The van der Waals surface area contributed by atoms with Crippen LogP contribution in [0.15, 0.2) is 29.2 Å². The second kappa shape index (κ2) is 6.68. The van der Waals surface area contributed by atoms with Crippen molar-refractivity contribution in [2.75, 3.05) is 13.1 Å². The van der Waals surface area contributed by atoms with Crippen molar-refractivity contribution in [1.29, 1.82) is 0 Å². The van der Waals surface area contributed by atoms with Crippen LogP contribution in [0.2, 0.25) is 0 Å². The third kappa shape index (κ3) is 4.62. The van der Waals surface area contributed by atoms with Gasteiger partial charge in [0.1, 0.15) is 0 Å². The molecule has 0 spiro atoms. The molecule has 0 heterocycles. The van der Waals surface area contributed by atoms with E-state index in [2.05, 4.69) is 0 Å².